The molecule has 128 valence electrons. The number of fused-ring (bicyclic) bond motifs is 1. The molecule has 0 saturated heterocycles. The lowest BCUT2D eigenvalue weighted by atomic mass is 9.81. The predicted octanol–water partition coefficient (Wildman–Crippen LogP) is 5.19. The lowest BCUT2D eigenvalue weighted by Crippen LogP contribution is -2.13. The Labute approximate surface area is 144 Å². The smallest absolute Gasteiger partial charge is 0.224 e. The monoisotopic (exact) mass is 325 g/mol. The van der Waals surface area contributed by atoms with Gasteiger partial charge < -0.3 is 10.4 Å². The number of carbonyl (C=O) groups excluding carboxylic acids is 1. The Morgan fingerprint density at radius 2 is 1.83 bits per heavy atom. The highest BCUT2D eigenvalue weighted by atomic mass is 16.3. The topological polar surface area (TPSA) is 49.3 Å². The van der Waals surface area contributed by atoms with Crippen molar-refractivity contribution in [2.45, 2.75) is 51.4 Å². The number of phenols is 1. The fourth-order valence-electron chi connectivity index (χ4n) is 3.78. The van der Waals surface area contributed by atoms with E-state index in [1.54, 1.807) is 24.3 Å². The van der Waals surface area contributed by atoms with E-state index in [1.165, 1.54) is 37.7 Å². The summed E-state index contributed by atoms with van der Waals surface area (Å²) in [6, 6.07) is 6.59. The predicted molar refractivity (Wildman–Crippen MR) is 97.9 cm³/mol. The van der Waals surface area contributed by atoms with Gasteiger partial charge in [0.1, 0.15) is 5.75 Å². The van der Waals surface area contributed by atoms with Crippen molar-refractivity contribution in [3.63, 3.8) is 0 Å². The van der Waals surface area contributed by atoms with Gasteiger partial charge in [0.2, 0.25) is 5.91 Å². The first-order chi connectivity index (χ1) is 11.7. The van der Waals surface area contributed by atoms with Crippen molar-refractivity contribution in [1.82, 2.24) is 0 Å². The van der Waals surface area contributed by atoms with Crippen LogP contribution in [0.1, 0.15) is 51.4 Å². The van der Waals surface area contributed by atoms with E-state index in [9.17, 15) is 9.90 Å². The molecule has 0 bridgehead atoms. The highest BCUT2D eigenvalue weighted by Crippen LogP contribution is 2.35. The van der Waals surface area contributed by atoms with Crippen molar-refractivity contribution in [2.24, 2.45) is 11.8 Å². The first kappa shape index (κ1) is 16.8. The van der Waals surface area contributed by atoms with E-state index in [1.807, 2.05) is 0 Å². The first-order valence-electron chi connectivity index (χ1n) is 9.18. The normalized spacial score (nSPS) is 23.1. The molecular weight excluding hydrogens is 298 g/mol. The number of allylic oxidation sites excluding steroid dienone is 4. The van der Waals surface area contributed by atoms with E-state index in [0.717, 1.165) is 30.4 Å². The minimum Gasteiger partial charge on any atom is -0.508 e. The molecule has 0 aliphatic heterocycles. The lowest BCUT2D eigenvalue weighted by molar-refractivity contribution is -0.116. The molecule has 3 rings (SSSR count). The molecule has 1 aromatic rings. The van der Waals surface area contributed by atoms with Crippen molar-refractivity contribution < 1.29 is 9.90 Å². The largest absolute Gasteiger partial charge is 0.508 e. The zero-order valence-corrected chi connectivity index (χ0v) is 14.2. The van der Waals surface area contributed by atoms with Gasteiger partial charge in [0.15, 0.2) is 0 Å². The fraction of sp³-hybridized carbons (Fsp3) is 0.476. The molecule has 2 unspecified atom stereocenters. The standard InChI is InChI=1S/C21H27NO2/c23-20-13-11-19(12-14-20)22-21(24)8-4-5-16-9-10-17-6-2-1-3-7-18(17)15-16/h9-15,17-18,23H,1-8H2,(H,22,24). The van der Waals surface area contributed by atoms with Gasteiger partial charge in [0.25, 0.3) is 0 Å². The summed E-state index contributed by atoms with van der Waals surface area (Å²) in [7, 11) is 0. The maximum atomic E-state index is 12.0. The molecule has 1 aromatic carbocycles. The summed E-state index contributed by atoms with van der Waals surface area (Å²) in [5.74, 6) is 1.71. The summed E-state index contributed by atoms with van der Waals surface area (Å²) in [6.45, 7) is 0. The summed E-state index contributed by atoms with van der Waals surface area (Å²) in [4.78, 5) is 12.0. The number of aromatic hydroxyl groups is 1. The van der Waals surface area contributed by atoms with Crippen molar-refractivity contribution >= 4 is 11.6 Å². The van der Waals surface area contributed by atoms with Crippen LogP contribution in [0.2, 0.25) is 0 Å². The minimum absolute atomic E-state index is 0.0356. The molecule has 0 radical (unpaired) electrons. The van der Waals surface area contributed by atoms with Gasteiger partial charge in [-0.2, -0.15) is 0 Å². The minimum atomic E-state index is 0.0356. The maximum absolute atomic E-state index is 12.0. The summed E-state index contributed by atoms with van der Waals surface area (Å²) >= 11 is 0. The Kier molecular flexibility index (Phi) is 5.73. The molecule has 1 fully saturated rings. The summed E-state index contributed by atoms with van der Waals surface area (Å²) in [5, 5.41) is 12.1. The molecule has 2 aliphatic carbocycles. The summed E-state index contributed by atoms with van der Waals surface area (Å²) in [5.41, 5.74) is 2.13. The van der Waals surface area contributed by atoms with E-state index < -0.39 is 0 Å². The van der Waals surface area contributed by atoms with E-state index >= 15 is 0 Å². The van der Waals surface area contributed by atoms with Crippen LogP contribution < -0.4 is 5.32 Å². The molecule has 3 nitrogen and oxygen atoms in total. The Morgan fingerprint density at radius 1 is 1.08 bits per heavy atom. The zero-order valence-electron chi connectivity index (χ0n) is 14.2. The van der Waals surface area contributed by atoms with Crippen LogP contribution in [0.4, 0.5) is 5.69 Å². The second-order valence-electron chi connectivity index (χ2n) is 7.02. The molecule has 2 aliphatic rings. The molecular formula is C21H27NO2. The molecule has 1 saturated carbocycles. The van der Waals surface area contributed by atoms with Gasteiger partial charge in [0.05, 0.1) is 0 Å². The zero-order chi connectivity index (χ0) is 16.8. The number of amides is 1. The van der Waals surface area contributed by atoms with Crippen molar-refractivity contribution in [1.29, 1.82) is 0 Å². The van der Waals surface area contributed by atoms with Crippen LogP contribution in [0.15, 0.2) is 48.1 Å². The van der Waals surface area contributed by atoms with E-state index in [2.05, 4.69) is 23.5 Å². The Bertz CT molecular complexity index is 615. The van der Waals surface area contributed by atoms with Crippen LogP contribution >= 0.6 is 0 Å². The number of rotatable bonds is 5. The third-order valence-corrected chi connectivity index (χ3v) is 5.13. The highest BCUT2D eigenvalue weighted by Gasteiger charge is 2.22. The van der Waals surface area contributed by atoms with Crippen LogP contribution in [0, 0.1) is 11.8 Å². The molecule has 2 atom stereocenters. The van der Waals surface area contributed by atoms with Gasteiger partial charge in [-0.1, -0.05) is 43.1 Å². The van der Waals surface area contributed by atoms with E-state index in [4.69, 9.17) is 0 Å². The molecule has 1 amide bonds. The fourth-order valence-corrected chi connectivity index (χ4v) is 3.78. The molecule has 0 aromatic heterocycles. The summed E-state index contributed by atoms with van der Waals surface area (Å²) < 4.78 is 0. The third kappa shape index (κ3) is 4.73. The van der Waals surface area contributed by atoms with Gasteiger partial charge in [-0.15, -0.1) is 0 Å². The quantitative estimate of drug-likeness (QED) is 0.732. The molecule has 3 heteroatoms. The van der Waals surface area contributed by atoms with Crippen molar-refractivity contribution in [3.8, 4) is 5.75 Å². The number of nitrogens with one attached hydrogen (secondary N) is 1. The number of phenolic OH excluding ortho intramolecular Hbond substituents is 1. The average molecular weight is 325 g/mol. The van der Waals surface area contributed by atoms with Crippen LogP contribution in [0.25, 0.3) is 0 Å². The molecule has 0 heterocycles. The van der Waals surface area contributed by atoms with Crippen LogP contribution in [-0.4, -0.2) is 11.0 Å². The van der Waals surface area contributed by atoms with Gasteiger partial charge in [-0.25, -0.2) is 0 Å². The van der Waals surface area contributed by atoms with Gasteiger partial charge >= 0.3 is 0 Å². The van der Waals surface area contributed by atoms with E-state index in [0.29, 0.717) is 6.42 Å². The number of benzene rings is 1. The summed E-state index contributed by atoms with van der Waals surface area (Å²) in [6.07, 6.45) is 16.3. The van der Waals surface area contributed by atoms with Crippen molar-refractivity contribution in [2.75, 3.05) is 5.32 Å². The SMILES string of the molecule is O=C(CCCC1=CC2CCCCCC2C=C1)Nc1ccc(O)cc1. The van der Waals surface area contributed by atoms with Crippen LogP contribution in [-0.2, 0) is 4.79 Å². The molecule has 0 spiro atoms. The number of anilines is 1. The first-order valence-corrected chi connectivity index (χ1v) is 9.18. The number of hydrogen-bond donors (Lipinski definition) is 2. The van der Waals surface area contributed by atoms with Crippen LogP contribution in [0.5, 0.6) is 5.75 Å². The third-order valence-electron chi connectivity index (χ3n) is 5.13. The number of hydrogen-bond acceptors (Lipinski definition) is 2. The Balaban J connectivity index is 1.43. The van der Waals surface area contributed by atoms with Gasteiger partial charge in [-0.3, -0.25) is 4.79 Å². The van der Waals surface area contributed by atoms with Crippen LogP contribution in [0.3, 0.4) is 0 Å². The molecule has 24 heavy (non-hydrogen) atoms. The Hall–Kier alpha value is -2.03. The van der Waals surface area contributed by atoms with Gasteiger partial charge in [0, 0.05) is 12.1 Å². The Morgan fingerprint density at radius 3 is 2.62 bits per heavy atom. The second kappa shape index (κ2) is 8.18. The lowest BCUT2D eigenvalue weighted by Gasteiger charge is -2.24. The maximum Gasteiger partial charge on any atom is 0.224 e. The number of carbonyl (C=O) groups is 1. The molecule has 2 N–H and O–H groups in total. The van der Waals surface area contributed by atoms with Gasteiger partial charge in [-0.05, 0) is 61.8 Å². The van der Waals surface area contributed by atoms with Crippen molar-refractivity contribution in [3.05, 3.63) is 48.1 Å². The average Bonchev–Trinajstić information content (AvgIpc) is 2.82. The highest BCUT2D eigenvalue weighted by molar-refractivity contribution is 5.90. The second-order valence-corrected chi connectivity index (χ2v) is 7.02. The van der Waals surface area contributed by atoms with E-state index in [-0.39, 0.29) is 11.7 Å².